The van der Waals surface area contributed by atoms with Crippen LogP contribution in [-0.4, -0.2) is 15.2 Å². The zero-order valence-corrected chi connectivity index (χ0v) is 7.92. The lowest BCUT2D eigenvalue weighted by atomic mass is 10.2. The number of rotatable bonds is 4. The predicted octanol–water partition coefficient (Wildman–Crippen LogP) is 2.05. The molecule has 0 atom stereocenters. The van der Waals surface area contributed by atoms with Crippen LogP contribution in [0, 0.1) is 6.42 Å². The summed E-state index contributed by atoms with van der Waals surface area (Å²) in [5.41, 5.74) is 1.24. The first-order valence-electron chi connectivity index (χ1n) is 4.15. The van der Waals surface area contributed by atoms with Crippen LogP contribution in [-0.2, 0) is 6.42 Å². The third-order valence-corrected chi connectivity index (χ3v) is 2.53. The Morgan fingerprint density at radius 3 is 3.23 bits per heavy atom. The van der Waals surface area contributed by atoms with E-state index in [0.29, 0.717) is 0 Å². The fourth-order valence-electron chi connectivity index (χ4n) is 1.11. The Labute approximate surface area is 80.8 Å². The molecular weight excluding hydrogens is 182 g/mol. The van der Waals surface area contributed by atoms with Crippen molar-refractivity contribution in [2.45, 2.75) is 12.8 Å². The van der Waals surface area contributed by atoms with Crippen molar-refractivity contribution in [2.75, 3.05) is 0 Å². The number of aromatic amines is 1. The van der Waals surface area contributed by atoms with E-state index in [4.69, 9.17) is 0 Å². The number of hydrogen-bond acceptors (Lipinski definition) is 3. The summed E-state index contributed by atoms with van der Waals surface area (Å²) >= 11 is 1.67. The summed E-state index contributed by atoms with van der Waals surface area (Å²) in [5.74, 6) is 0. The van der Waals surface area contributed by atoms with Crippen molar-refractivity contribution in [3.63, 3.8) is 0 Å². The molecule has 67 valence electrons. The van der Waals surface area contributed by atoms with Crippen LogP contribution in [0.3, 0.4) is 0 Å². The molecule has 2 aromatic heterocycles. The minimum absolute atomic E-state index is 1.02. The van der Waals surface area contributed by atoms with Gasteiger partial charge in [0.05, 0.1) is 11.2 Å². The summed E-state index contributed by atoms with van der Waals surface area (Å²) in [5, 5.41) is 9.77. The van der Waals surface area contributed by atoms with Crippen LogP contribution < -0.4 is 0 Å². The second kappa shape index (κ2) is 4.18. The highest BCUT2D eigenvalue weighted by atomic mass is 32.1. The molecule has 0 spiro atoms. The van der Waals surface area contributed by atoms with Gasteiger partial charge in [-0.15, -0.1) is 11.3 Å². The Balaban J connectivity index is 1.76. The van der Waals surface area contributed by atoms with Crippen molar-refractivity contribution < 1.29 is 0 Å². The molecule has 0 saturated carbocycles. The fraction of sp³-hybridized carbons (Fsp3) is 0.222. The van der Waals surface area contributed by atoms with Crippen LogP contribution in [0.5, 0.6) is 0 Å². The molecule has 3 nitrogen and oxygen atoms in total. The van der Waals surface area contributed by atoms with Crippen molar-refractivity contribution in [3.05, 3.63) is 41.0 Å². The molecule has 1 radical (unpaired) electrons. The smallest absolute Gasteiger partial charge is 0.0962 e. The van der Waals surface area contributed by atoms with Gasteiger partial charge in [0, 0.05) is 24.2 Å². The van der Waals surface area contributed by atoms with Gasteiger partial charge in [0.15, 0.2) is 0 Å². The van der Waals surface area contributed by atoms with Crippen LogP contribution in [0.4, 0.5) is 0 Å². The summed E-state index contributed by atoms with van der Waals surface area (Å²) in [6.45, 7) is 0. The zero-order valence-electron chi connectivity index (χ0n) is 7.10. The van der Waals surface area contributed by atoms with Gasteiger partial charge >= 0.3 is 0 Å². The number of aromatic nitrogens is 3. The summed E-state index contributed by atoms with van der Waals surface area (Å²) in [6.07, 6.45) is 9.81. The van der Waals surface area contributed by atoms with Gasteiger partial charge in [-0.25, -0.2) is 4.98 Å². The van der Waals surface area contributed by atoms with Crippen molar-refractivity contribution in [1.82, 2.24) is 15.2 Å². The van der Waals surface area contributed by atoms with Crippen molar-refractivity contribution in [2.24, 2.45) is 0 Å². The van der Waals surface area contributed by atoms with Crippen LogP contribution in [0.25, 0.3) is 0 Å². The van der Waals surface area contributed by atoms with E-state index in [-0.39, 0.29) is 0 Å². The van der Waals surface area contributed by atoms with Gasteiger partial charge in [-0.1, -0.05) is 0 Å². The molecule has 0 amide bonds. The Bertz CT molecular complexity index is 291. The molecule has 0 aromatic carbocycles. The summed E-state index contributed by atoms with van der Waals surface area (Å²) in [7, 11) is 0. The lowest BCUT2D eigenvalue weighted by molar-refractivity contribution is 0.947. The van der Waals surface area contributed by atoms with Crippen molar-refractivity contribution in [3.8, 4) is 0 Å². The lowest BCUT2D eigenvalue weighted by Crippen LogP contribution is -1.84. The van der Waals surface area contributed by atoms with E-state index >= 15 is 0 Å². The monoisotopic (exact) mass is 192 g/mol. The number of aryl methyl sites for hydroxylation is 1. The molecule has 4 heteroatoms. The normalized spacial score (nSPS) is 10.5. The van der Waals surface area contributed by atoms with Crippen LogP contribution in [0.2, 0.25) is 0 Å². The molecule has 0 fully saturated rings. The van der Waals surface area contributed by atoms with Gasteiger partial charge < -0.3 is 0 Å². The van der Waals surface area contributed by atoms with E-state index in [0.717, 1.165) is 17.8 Å². The molecule has 0 bridgehead atoms. The van der Waals surface area contributed by atoms with E-state index in [1.807, 2.05) is 24.0 Å². The minimum Gasteiger partial charge on any atom is -0.285 e. The number of nitrogens with one attached hydrogen (secondary N) is 1. The molecule has 2 heterocycles. The lowest BCUT2D eigenvalue weighted by Gasteiger charge is -1.93. The minimum atomic E-state index is 1.02. The average Bonchev–Trinajstić information content (AvgIpc) is 2.75. The Kier molecular flexibility index (Phi) is 2.72. The van der Waals surface area contributed by atoms with Gasteiger partial charge in [0.25, 0.3) is 0 Å². The molecule has 0 unspecified atom stereocenters. The second-order valence-corrected chi connectivity index (χ2v) is 3.65. The average molecular weight is 192 g/mol. The first-order chi connectivity index (χ1) is 6.45. The van der Waals surface area contributed by atoms with Gasteiger partial charge in [0.2, 0.25) is 0 Å². The van der Waals surface area contributed by atoms with E-state index in [1.54, 1.807) is 11.3 Å². The quantitative estimate of drug-likeness (QED) is 0.805. The highest BCUT2D eigenvalue weighted by Gasteiger charge is 1.97. The van der Waals surface area contributed by atoms with Gasteiger partial charge in [-0.2, -0.15) is 5.10 Å². The first kappa shape index (κ1) is 8.44. The zero-order chi connectivity index (χ0) is 8.93. The number of hydrogen-bond donors (Lipinski definition) is 1. The summed E-state index contributed by atoms with van der Waals surface area (Å²) in [6, 6.07) is 0. The Morgan fingerprint density at radius 2 is 2.54 bits per heavy atom. The molecule has 2 aromatic rings. The van der Waals surface area contributed by atoms with Gasteiger partial charge in [-0.05, 0) is 18.4 Å². The summed E-state index contributed by atoms with van der Waals surface area (Å²) < 4.78 is 0. The molecule has 0 saturated heterocycles. The molecular formula is C9H10N3S. The van der Waals surface area contributed by atoms with Crippen LogP contribution in [0.1, 0.15) is 17.0 Å². The largest absolute Gasteiger partial charge is 0.285 e. The molecule has 0 aliphatic carbocycles. The van der Waals surface area contributed by atoms with Crippen LogP contribution >= 0.6 is 11.3 Å². The Hall–Kier alpha value is -1.16. The standard InChI is InChI=1S/C9H10N3S/c1(2-8-6-11-12-7-8)3-9-10-4-5-13-9/h3-7H,1-2H2,(H,11,12). The number of H-pyrrole nitrogens is 1. The van der Waals surface area contributed by atoms with E-state index < -0.39 is 0 Å². The SMILES string of the molecule is [CH](CCc1cn[nH]c1)c1nccs1. The predicted molar refractivity (Wildman–Crippen MR) is 52.4 cm³/mol. The van der Waals surface area contributed by atoms with Crippen molar-refractivity contribution in [1.29, 1.82) is 0 Å². The van der Waals surface area contributed by atoms with E-state index in [2.05, 4.69) is 21.6 Å². The molecule has 2 rings (SSSR count). The molecule has 0 aliphatic rings. The third kappa shape index (κ3) is 2.39. The summed E-state index contributed by atoms with van der Waals surface area (Å²) in [4.78, 5) is 4.17. The van der Waals surface area contributed by atoms with Gasteiger partial charge in [0.1, 0.15) is 0 Å². The Morgan fingerprint density at radius 1 is 1.54 bits per heavy atom. The fourth-order valence-corrected chi connectivity index (χ4v) is 1.71. The molecule has 13 heavy (non-hydrogen) atoms. The first-order valence-corrected chi connectivity index (χ1v) is 5.03. The molecule has 1 N–H and O–H groups in total. The maximum Gasteiger partial charge on any atom is 0.0962 e. The van der Waals surface area contributed by atoms with Gasteiger partial charge in [-0.3, -0.25) is 5.10 Å². The van der Waals surface area contributed by atoms with Crippen LogP contribution in [0.15, 0.2) is 24.0 Å². The van der Waals surface area contributed by atoms with Crippen molar-refractivity contribution >= 4 is 11.3 Å². The number of thiazole rings is 1. The number of nitrogens with zero attached hydrogens (tertiary/aromatic N) is 2. The maximum atomic E-state index is 4.17. The maximum absolute atomic E-state index is 4.17. The van der Waals surface area contributed by atoms with E-state index in [1.165, 1.54) is 5.56 Å². The van der Waals surface area contributed by atoms with E-state index in [9.17, 15) is 0 Å². The second-order valence-electron chi connectivity index (χ2n) is 2.72. The topological polar surface area (TPSA) is 41.6 Å². The molecule has 0 aliphatic heterocycles. The highest BCUT2D eigenvalue weighted by Crippen LogP contribution is 2.11. The third-order valence-electron chi connectivity index (χ3n) is 1.76. The highest BCUT2D eigenvalue weighted by molar-refractivity contribution is 7.09.